The Morgan fingerprint density at radius 3 is 2.50 bits per heavy atom. The number of fused-ring (bicyclic) bond motifs is 1. The van der Waals surface area contributed by atoms with Gasteiger partial charge in [-0.25, -0.2) is 0 Å². The molecule has 0 saturated heterocycles. The number of para-hydroxylation sites is 1. The second kappa shape index (κ2) is 4.85. The molecule has 0 unspecified atom stereocenters. The summed E-state index contributed by atoms with van der Waals surface area (Å²) in [5, 5.41) is 9.99. The molecule has 0 spiro atoms. The van der Waals surface area contributed by atoms with Gasteiger partial charge < -0.3 is 10.1 Å². The summed E-state index contributed by atoms with van der Waals surface area (Å²) >= 11 is 0. The Balaban J connectivity index is 2.07. The third kappa shape index (κ3) is 2.18. The van der Waals surface area contributed by atoms with Crippen molar-refractivity contribution >= 4 is 16.9 Å². The zero-order valence-electron chi connectivity index (χ0n) is 11.2. The number of aliphatic carboxylic acids is 1. The quantitative estimate of drug-likeness (QED) is 0.757. The number of aromatic amines is 1. The smallest absolute Gasteiger partial charge is 0.307 e. The molecule has 0 amide bonds. The Kier molecular flexibility index (Phi) is 3.03. The number of aryl methyl sites for hydroxylation is 1. The van der Waals surface area contributed by atoms with Gasteiger partial charge >= 0.3 is 5.97 Å². The molecule has 0 radical (unpaired) electrons. The van der Waals surface area contributed by atoms with E-state index in [-0.39, 0.29) is 6.42 Å². The average Bonchev–Trinajstić information content (AvgIpc) is 2.75. The van der Waals surface area contributed by atoms with Gasteiger partial charge in [0.1, 0.15) is 0 Å². The normalized spacial score (nSPS) is 10.8. The third-order valence-electron chi connectivity index (χ3n) is 3.49. The summed E-state index contributed by atoms with van der Waals surface area (Å²) < 4.78 is 0. The number of carbonyl (C=O) groups is 1. The van der Waals surface area contributed by atoms with E-state index >= 15 is 0 Å². The van der Waals surface area contributed by atoms with Crippen molar-refractivity contribution in [3.8, 4) is 11.1 Å². The number of nitrogens with one attached hydrogen (secondary N) is 1. The molecule has 2 N–H and O–H groups in total. The highest BCUT2D eigenvalue weighted by Crippen LogP contribution is 2.32. The van der Waals surface area contributed by atoms with Crippen molar-refractivity contribution in [3.05, 3.63) is 59.8 Å². The molecule has 0 aliphatic heterocycles. The van der Waals surface area contributed by atoms with E-state index in [2.05, 4.69) is 24.0 Å². The van der Waals surface area contributed by atoms with Crippen molar-refractivity contribution in [2.75, 3.05) is 0 Å². The van der Waals surface area contributed by atoms with Crippen LogP contribution in [0.3, 0.4) is 0 Å². The Hall–Kier alpha value is -2.55. The number of H-pyrrole nitrogens is 1. The zero-order valence-corrected chi connectivity index (χ0v) is 11.2. The molecular weight excluding hydrogens is 250 g/mol. The summed E-state index contributed by atoms with van der Waals surface area (Å²) in [6, 6.07) is 15.9. The summed E-state index contributed by atoms with van der Waals surface area (Å²) in [6.45, 7) is 2.06. The van der Waals surface area contributed by atoms with Crippen LogP contribution in [0.2, 0.25) is 0 Å². The summed E-state index contributed by atoms with van der Waals surface area (Å²) in [5.41, 5.74) is 5.35. The van der Waals surface area contributed by atoms with E-state index < -0.39 is 5.97 Å². The van der Waals surface area contributed by atoms with Gasteiger partial charge in [0.05, 0.1) is 6.42 Å². The summed E-state index contributed by atoms with van der Waals surface area (Å²) in [4.78, 5) is 14.1. The van der Waals surface area contributed by atoms with E-state index in [9.17, 15) is 4.79 Å². The van der Waals surface area contributed by atoms with Gasteiger partial charge in [0, 0.05) is 22.2 Å². The van der Waals surface area contributed by atoms with Gasteiger partial charge in [-0.15, -0.1) is 0 Å². The minimum absolute atomic E-state index is 0.0626. The van der Waals surface area contributed by atoms with Crippen LogP contribution in [-0.2, 0) is 11.2 Å². The monoisotopic (exact) mass is 265 g/mol. The fourth-order valence-corrected chi connectivity index (χ4v) is 2.61. The number of benzene rings is 2. The van der Waals surface area contributed by atoms with E-state index in [0.29, 0.717) is 0 Å². The van der Waals surface area contributed by atoms with Gasteiger partial charge in [-0.3, -0.25) is 4.79 Å². The van der Waals surface area contributed by atoms with Crippen molar-refractivity contribution in [1.29, 1.82) is 0 Å². The number of carboxylic acids is 1. The lowest BCUT2D eigenvalue weighted by Gasteiger charge is -2.04. The highest BCUT2D eigenvalue weighted by Gasteiger charge is 2.10. The van der Waals surface area contributed by atoms with Crippen molar-refractivity contribution in [1.82, 2.24) is 4.98 Å². The Bertz CT molecular complexity index is 769. The Morgan fingerprint density at radius 1 is 1.10 bits per heavy atom. The minimum atomic E-state index is -0.805. The highest BCUT2D eigenvalue weighted by atomic mass is 16.4. The first-order valence-corrected chi connectivity index (χ1v) is 6.53. The number of rotatable bonds is 3. The molecule has 0 atom stereocenters. The molecule has 100 valence electrons. The van der Waals surface area contributed by atoms with Crippen LogP contribution in [0.4, 0.5) is 0 Å². The molecule has 20 heavy (non-hydrogen) atoms. The standard InChI is InChI=1S/C17H15NO2/c1-11-17(14-4-2-3-5-15(14)18-11)13-8-6-12(7-9-13)10-16(19)20/h2-9,18H,10H2,1H3,(H,19,20). The second-order valence-electron chi connectivity index (χ2n) is 4.94. The molecule has 0 bridgehead atoms. The van der Waals surface area contributed by atoms with Crippen LogP contribution in [0, 0.1) is 6.92 Å². The van der Waals surface area contributed by atoms with Crippen LogP contribution in [0.5, 0.6) is 0 Å². The van der Waals surface area contributed by atoms with Gasteiger partial charge in [0.25, 0.3) is 0 Å². The molecule has 2 aromatic carbocycles. The number of aromatic nitrogens is 1. The first-order chi connectivity index (χ1) is 9.65. The molecule has 0 aliphatic rings. The fourth-order valence-electron chi connectivity index (χ4n) is 2.61. The van der Waals surface area contributed by atoms with Crippen molar-refractivity contribution in [3.63, 3.8) is 0 Å². The van der Waals surface area contributed by atoms with Gasteiger partial charge in [-0.2, -0.15) is 0 Å². The van der Waals surface area contributed by atoms with Gasteiger partial charge in [-0.05, 0) is 24.1 Å². The van der Waals surface area contributed by atoms with Crippen molar-refractivity contribution in [2.45, 2.75) is 13.3 Å². The second-order valence-corrected chi connectivity index (χ2v) is 4.94. The molecule has 3 heteroatoms. The molecule has 1 aromatic heterocycles. The minimum Gasteiger partial charge on any atom is -0.481 e. The number of hydrogen-bond acceptors (Lipinski definition) is 1. The zero-order chi connectivity index (χ0) is 14.1. The Labute approximate surface area is 116 Å². The van der Waals surface area contributed by atoms with Gasteiger partial charge in [0.15, 0.2) is 0 Å². The van der Waals surface area contributed by atoms with E-state index in [1.54, 1.807) is 0 Å². The van der Waals surface area contributed by atoms with Crippen LogP contribution in [0.15, 0.2) is 48.5 Å². The molecule has 1 heterocycles. The van der Waals surface area contributed by atoms with Crippen molar-refractivity contribution in [2.24, 2.45) is 0 Å². The largest absolute Gasteiger partial charge is 0.481 e. The van der Waals surface area contributed by atoms with Crippen molar-refractivity contribution < 1.29 is 9.90 Å². The van der Waals surface area contributed by atoms with E-state index in [1.165, 1.54) is 10.9 Å². The lowest BCUT2D eigenvalue weighted by molar-refractivity contribution is -0.136. The van der Waals surface area contributed by atoms with E-state index in [1.807, 2.05) is 36.4 Å². The Morgan fingerprint density at radius 2 is 1.80 bits per heavy atom. The first kappa shape index (κ1) is 12.5. The predicted molar refractivity (Wildman–Crippen MR) is 79.8 cm³/mol. The maximum Gasteiger partial charge on any atom is 0.307 e. The van der Waals surface area contributed by atoms with Crippen LogP contribution < -0.4 is 0 Å². The number of carboxylic acid groups (broad SMARTS) is 1. The topological polar surface area (TPSA) is 53.1 Å². The summed E-state index contributed by atoms with van der Waals surface area (Å²) in [7, 11) is 0. The summed E-state index contributed by atoms with van der Waals surface area (Å²) in [6.07, 6.45) is 0.0626. The van der Waals surface area contributed by atoms with Gasteiger partial charge in [-0.1, -0.05) is 42.5 Å². The lowest BCUT2D eigenvalue weighted by Crippen LogP contribution is -1.99. The molecule has 0 aliphatic carbocycles. The summed E-state index contributed by atoms with van der Waals surface area (Å²) in [5.74, 6) is -0.805. The van der Waals surface area contributed by atoms with E-state index in [4.69, 9.17) is 5.11 Å². The van der Waals surface area contributed by atoms with Crippen LogP contribution >= 0.6 is 0 Å². The number of hydrogen-bond donors (Lipinski definition) is 2. The maximum absolute atomic E-state index is 10.7. The molecule has 3 nitrogen and oxygen atoms in total. The first-order valence-electron chi connectivity index (χ1n) is 6.53. The van der Waals surface area contributed by atoms with E-state index in [0.717, 1.165) is 22.3 Å². The molecule has 3 aromatic rings. The van der Waals surface area contributed by atoms with Crippen LogP contribution in [0.25, 0.3) is 22.0 Å². The molecule has 3 rings (SSSR count). The average molecular weight is 265 g/mol. The molecular formula is C17H15NO2. The molecule has 0 fully saturated rings. The SMILES string of the molecule is Cc1[nH]c2ccccc2c1-c1ccc(CC(=O)O)cc1. The maximum atomic E-state index is 10.7. The third-order valence-corrected chi connectivity index (χ3v) is 3.49. The van der Waals surface area contributed by atoms with Crippen LogP contribution in [-0.4, -0.2) is 16.1 Å². The fraction of sp³-hybridized carbons (Fsp3) is 0.118. The molecule has 0 saturated carbocycles. The lowest BCUT2D eigenvalue weighted by atomic mass is 10.0. The highest BCUT2D eigenvalue weighted by molar-refractivity contribution is 5.97. The van der Waals surface area contributed by atoms with Gasteiger partial charge in [0.2, 0.25) is 0 Å². The predicted octanol–water partition coefficient (Wildman–Crippen LogP) is 3.77. The van der Waals surface area contributed by atoms with Crippen LogP contribution in [0.1, 0.15) is 11.3 Å².